The normalized spacial score (nSPS) is 11.7. The summed E-state index contributed by atoms with van der Waals surface area (Å²) in [6.07, 6.45) is 3.45. The van der Waals surface area contributed by atoms with E-state index in [1.807, 2.05) is 13.1 Å². The molecule has 0 bridgehead atoms. The second kappa shape index (κ2) is 5.67. The number of nitrogens with two attached hydrogens (primary N) is 1. The highest BCUT2D eigenvalue weighted by Gasteiger charge is 2.18. The molecule has 0 aliphatic carbocycles. The first kappa shape index (κ1) is 14.6. The minimum Gasteiger partial charge on any atom is -0.472 e. The zero-order valence-electron chi connectivity index (χ0n) is 12.7. The van der Waals surface area contributed by atoms with E-state index in [1.54, 1.807) is 12.5 Å². The van der Waals surface area contributed by atoms with E-state index in [0.717, 1.165) is 29.2 Å². The third kappa shape index (κ3) is 3.39. The number of aromatic nitrogens is 1. The Bertz CT molecular complexity index is 556. The van der Waals surface area contributed by atoms with Gasteiger partial charge in [0.05, 0.1) is 12.5 Å². The summed E-state index contributed by atoms with van der Waals surface area (Å²) in [5, 5.41) is 0. The van der Waals surface area contributed by atoms with Crippen LogP contribution in [-0.2, 0) is 18.5 Å². The topological polar surface area (TPSA) is 55.3 Å². The molecular weight excluding hydrogens is 250 g/mol. The summed E-state index contributed by atoms with van der Waals surface area (Å²) in [6, 6.07) is 6.11. The lowest BCUT2D eigenvalue weighted by molar-refractivity contribution is 0.562. The highest BCUT2D eigenvalue weighted by molar-refractivity contribution is 5.43. The summed E-state index contributed by atoms with van der Waals surface area (Å²) >= 11 is 0. The van der Waals surface area contributed by atoms with Crippen LogP contribution in [0, 0.1) is 0 Å². The van der Waals surface area contributed by atoms with Crippen molar-refractivity contribution >= 4 is 5.82 Å². The number of pyridine rings is 1. The molecule has 0 aliphatic rings. The molecule has 2 rings (SSSR count). The fraction of sp³-hybridized carbons (Fsp3) is 0.438. The van der Waals surface area contributed by atoms with E-state index in [-0.39, 0.29) is 5.41 Å². The molecule has 4 nitrogen and oxygen atoms in total. The standard InChI is InChI=1S/C16H23N3O/c1-16(2,3)14-7-13(9-17)8-15(18-14)19(4)10-12-5-6-20-11-12/h5-8,11H,9-10,17H2,1-4H3. The van der Waals surface area contributed by atoms with Gasteiger partial charge in [0.15, 0.2) is 0 Å². The first-order valence-electron chi connectivity index (χ1n) is 6.84. The molecule has 2 aromatic heterocycles. The highest BCUT2D eigenvalue weighted by atomic mass is 16.3. The van der Waals surface area contributed by atoms with Crippen LogP contribution >= 0.6 is 0 Å². The second-order valence-electron chi connectivity index (χ2n) is 6.16. The Morgan fingerprint density at radius 2 is 2.00 bits per heavy atom. The van der Waals surface area contributed by atoms with Crippen molar-refractivity contribution in [3.63, 3.8) is 0 Å². The fourth-order valence-corrected chi connectivity index (χ4v) is 2.01. The van der Waals surface area contributed by atoms with Crippen LogP contribution in [0.15, 0.2) is 35.1 Å². The lowest BCUT2D eigenvalue weighted by Gasteiger charge is -2.23. The molecule has 2 N–H and O–H groups in total. The molecular formula is C16H23N3O. The van der Waals surface area contributed by atoms with Gasteiger partial charge in [0, 0.05) is 36.8 Å². The molecule has 0 spiro atoms. The van der Waals surface area contributed by atoms with Crippen molar-refractivity contribution in [3.05, 3.63) is 47.5 Å². The van der Waals surface area contributed by atoms with Crippen molar-refractivity contribution in [1.29, 1.82) is 0 Å². The van der Waals surface area contributed by atoms with Gasteiger partial charge in [-0.2, -0.15) is 0 Å². The molecule has 2 aromatic rings. The molecule has 0 radical (unpaired) electrons. The number of rotatable bonds is 4. The van der Waals surface area contributed by atoms with Crippen LogP contribution < -0.4 is 10.6 Å². The van der Waals surface area contributed by atoms with E-state index in [1.165, 1.54) is 0 Å². The van der Waals surface area contributed by atoms with Gasteiger partial charge < -0.3 is 15.1 Å². The first-order chi connectivity index (χ1) is 9.40. The minimum absolute atomic E-state index is 0.0103. The molecule has 20 heavy (non-hydrogen) atoms. The Kier molecular flexibility index (Phi) is 4.14. The number of hydrogen-bond acceptors (Lipinski definition) is 4. The third-order valence-electron chi connectivity index (χ3n) is 3.27. The summed E-state index contributed by atoms with van der Waals surface area (Å²) in [5.41, 5.74) is 9.12. The van der Waals surface area contributed by atoms with Crippen LogP contribution in [0.1, 0.15) is 37.6 Å². The van der Waals surface area contributed by atoms with Crippen molar-refractivity contribution in [2.75, 3.05) is 11.9 Å². The Morgan fingerprint density at radius 1 is 1.25 bits per heavy atom. The molecule has 4 heteroatoms. The molecule has 0 amide bonds. The Hall–Kier alpha value is -1.81. The summed E-state index contributed by atoms with van der Waals surface area (Å²) < 4.78 is 5.11. The highest BCUT2D eigenvalue weighted by Crippen LogP contribution is 2.25. The number of hydrogen-bond donors (Lipinski definition) is 1. The van der Waals surface area contributed by atoms with E-state index in [4.69, 9.17) is 15.1 Å². The quantitative estimate of drug-likeness (QED) is 0.930. The molecule has 108 valence electrons. The van der Waals surface area contributed by atoms with Crippen molar-refractivity contribution in [3.8, 4) is 0 Å². The summed E-state index contributed by atoms with van der Waals surface area (Å²) in [7, 11) is 2.03. The zero-order chi connectivity index (χ0) is 14.8. The first-order valence-corrected chi connectivity index (χ1v) is 6.84. The lowest BCUT2D eigenvalue weighted by Crippen LogP contribution is -2.21. The van der Waals surface area contributed by atoms with E-state index >= 15 is 0 Å². The van der Waals surface area contributed by atoms with Crippen LogP contribution in [0.3, 0.4) is 0 Å². The molecule has 0 atom stereocenters. The molecule has 0 aromatic carbocycles. The molecule has 0 unspecified atom stereocenters. The van der Waals surface area contributed by atoms with Gasteiger partial charge in [-0.1, -0.05) is 20.8 Å². The number of nitrogens with zero attached hydrogens (tertiary/aromatic N) is 2. The van der Waals surface area contributed by atoms with Crippen molar-refractivity contribution in [2.45, 2.75) is 39.3 Å². The monoisotopic (exact) mass is 273 g/mol. The molecule has 0 saturated carbocycles. The van der Waals surface area contributed by atoms with Gasteiger partial charge in [-0.25, -0.2) is 4.98 Å². The Balaban J connectivity index is 2.30. The van der Waals surface area contributed by atoms with Gasteiger partial charge in [-0.05, 0) is 23.8 Å². The van der Waals surface area contributed by atoms with Crippen LogP contribution in [0.2, 0.25) is 0 Å². The number of anilines is 1. The van der Waals surface area contributed by atoms with Gasteiger partial charge in [-0.3, -0.25) is 0 Å². The van der Waals surface area contributed by atoms with Crippen molar-refractivity contribution in [1.82, 2.24) is 4.98 Å². The Morgan fingerprint density at radius 3 is 2.55 bits per heavy atom. The Labute approximate surface area is 120 Å². The molecule has 0 saturated heterocycles. The molecule has 0 aliphatic heterocycles. The smallest absolute Gasteiger partial charge is 0.129 e. The van der Waals surface area contributed by atoms with E-state index in [2.05, 4.69) is 37.8 Å². The average molecular weight is 273 g/mol. The lowest BCUT2D eigenvalue weighted by atomic mass is 9.90. The SMILES string of the molecule is CN(Cc1ccoc1)c1cc(CN)cc(C(C)(C)C)n1. The maximum Gasteiger partial charge on any atom is 0.129 e. The van der Waals surface area contributed by atoms with E-state index in [0.29, 0.717) is 6.54 Å². The summed E-state index contributed by atoms with van der Waals surface area (Å²) in [6.45, 7) is 7.78. The predicted octanol–water partition coefficient (Wildman–Crippen LogP) is 3.07. The van der Waals surface area contributed by atoms with Gasteiger partial charge in [0.1, 0.15) is 5.82 Å². The van der Waals surface area contributed by atoms with Gasteiger partial charge in [0.2, 0.25) is 0 Å². The van der Waals surface area contributed by atoms with Gasteiger partial charge in [0.25, 0.3) is 0 Å². The largest absolute Gasteiger partial charge is 0.472 e. The van der Waals surface area contributed by atoms with Gasteiger partial charge in [-0.15, -0.1) is 0 Å². The van der Waals surface area contributed by atoms with E-state index < -0.39 is 0 Å². The van der Waals surface area contributed by atoms with Crippen LogP contribution in [0.5, 0.6) is 0 Å². The van der Waals surface area contributed by atoms with Gasteiger partial charge >= 0.3 is 0 Å². The van der Waals surface area contributed by atoms with Crippen molar-refractivity contribution in [2.24, 2.45) is 5.73 Å². The molecule has 2 heterocycles. The number of furan rings is 1. The predicted molar refractivity (Wildman–Crippen MR) is 81.6 cm³/mol. The van der Waals surface area contributed by atoms with E-state index in [9.17, 15) is 0 Å². The molecule has 0 fully saturated rings. The average Bonchev–Trinajstić information content (AvgIpc) is 2.90. The maximum absolute atomic E-state index is 5.81. The fourth-order valence-electron chi connectivity index (χ4n) is 2.01. The van der Waals surface area contributed by atoms with Crippen LogP contribution in [0.4, 0.5) is 5.82 Å². The zero-order valence-corrected chi connectivity index (χ0v) is 12.7. The second-order valence-corrected chi connectivity index (χ2v) is 6.16. The van der Waals surface area contributed by atoms with Crippen molar-refractivity contribution < 1.29 is 4.42 Å². The summed E-state index contributed by atoms with van der Waals surface area (Å²) in [5.74, 6) is 0.944. The van der Waals surface area contributed by atoms with Crippen LogP contribution in [0.25, 0.3) is 0 Å². The summed E-state index contributed by atoms with van der Waals surface area (Å²) in [4.78, 5) is 6.88. The third-order valence-corrected chi connectivity index (χ3v) is 3.27. The van der Waals surface area contributed by atoms with Crippen LogP contribution in [-0.4, -0.2) is 12.0 Å². The maximum atomic E-state index is 5.81. The minimum atomic E-state index is 0.0103.